The number of aromatic nitrogens is 1. The number of benzene rings is 1. The van der Waals surface area contributed by atoms with Crippen molar-refractivity contribution in [3.05, 3.63) is 23.8 Å². The first-order valence-corrected chi connectivity index (χ1v) is 8.99. The second kappa shape index (κ2) is 7.14. The molecule has 2 atom stereocenters. The van der Waals surface area contributed by atoms with Crippen molar-refractivity contribution >= 4 is 16.6 Å². The predicted octanol–water partition coefficient (Wildman–Crippen LogP) is 5.58. The van der Waals surface area contributed by atoms with E-state index in [1.807, 2.05) is 0 Å². The van der Waals surface area contributed by atoms with Gasteiger partial charge in [-0.25, -0.2) is 4.98 Å². The first-order valence-electron chi connectivity index (χ1n) is 8.99. The van der Waals surface area contributed by atoms with E-state index >= 15 is 0 Å². The molecule has 10 heteroatoms. The van der Waals surface area contributed by atoms with Gasteiger partial charge in [0.1, 0.15) is 12.6 Å². The van der Waals surface area contributed by atoms with E-state index in [1.54, 1.807) is 13.8 Å². The van der Waals surface area contributed by atoms with Crippen molar-refractivity contribution in [1.29, 1.82) is 0 Å². The molecule has 0 bridgehead atoms. The Morgan fingerprint density at radius 3 is 2.34 bits per heavy atom. The van der Waals surface area contributed by atoms with Crippen LogP contribution in [0, 0.1) is 0 Å². The quantitative estimate of drug-likeness (QED) is 0.605. The highest BCUT2D eigenvalue weighted by atomic mass is 19.4. The number of alkyl halides is 6. The fourth-order valence-corrected chi connectivity index (χ4v) is 3.31. The fourth-order valence-electron chi connectivity index (χ4n) is 3.31. The number of hydrogen-bond donors (Lipinski definition) is 0. The Morgan fingerprint density at radius 2 is 1.79 bits per heavy atom. The lowest BCUT2D eigenvalue weighted by atomic mass is 10.0. The van der Waals surface area contributed by atoms with Gasteiger partial charge in [0, 0.05) is 6.07 Å². The average molecular weight is 422 g/mol. The number of anilines is 1. The van der Waals surface area contributed by atoms with Gasteiger partial charge in [-0.1, -0.05) is 0 Å². The number of rotatable bonds is 3. The maximum atomic E-state index is 13.8. The molecule has 1 aliphatic rings. The zero-order chi connectivity index (χ0) is 21.7. The summed E-state index contributed by atoms with van der Waals surface area (Å²) in [4.78, 5) is 5.11. The van der Waals surface area contributed by atoms with E-state index in [1.165, 1.54) is 26.0 Å². The minimum atomic E-state index is -4.78. The average Bonchev–Trinajstić information content (AvgIpc) is 2.55. The van der Waals surface area contributed by atoms with Gasteiger partial charge in [0.05, 0.1) is 34.3 Å². The summed E-state index contributed by atoms with van der Waals surface area (Å²) >= 11 is 0. The monoisotopic (exact) mass is 422 g/mol. The molecule has 0 radical (unpaired) electrons. The van der Waals surface area contributed by atoms with Gasteiger partial charge in [0.25, 0.3) is 0 Å². The van der Waals surface area contributed by atoms with E-state index in [-0.39, 0.29) is 28.2 Å². The molecule has 0 saturated heterocycles. The molecule has 0 N–H and O–H groups in total. The lowest BCUT2D eigenvalue weighted by Crippen LogP contribution is -2.50. The third kappa shape index (κ3) is 4.30. The van der Waals surface area contributed by atoms with Crippen LogP contribution in [-0.2, 0) is 6.18 Å². The van der Waals surface area contributed by atoms with Crippen LogP contribution in [0.2, 0.25) is 0 Å². The number of halogens is 6. The van der Waals surface area contributed by atoms with Crippen LogP contribution in [0.4, 0.5) is 32.0 Å². The number of ether oxygens (including phenoxy) is 2. The summed E-state index contributed by atoms with van der Waals surface area (Å²) < 4.78 is 91.7. The molecule has 2 aromatic rings. The van der Waals surface area contributed by atoms with Gasteiger partial charge in [0.15, 0.2) is 5.75 Å². The first-order chi connectivity index (χ1) is 13.3. The number of nitrogens with zero attached hydrogens (tertiary/aromatic N) is 2. The van der Waals surface area contributed by atoms with Crippen molar-refractivity contribution in [2.45, 2.75) is 58.3 Å². The summed E-state index contributed by atoms with van der Waals surface area (Å²) in [5.41, 5.74) is -1.18. The van der Waals surface area contributed by atoms with Crippen molar-refractivity contribution in [1.82, 2.24) is 4.98 Å². The van der Waals surface area contributed by atoms with Crippen molar-refractivity contribution in [2.24, 2.45) is 0 Å². The molecule has 0 amide bonds. The van der Waals surface area contributed by atoms with Crippen LogP contribution in [-0.4, -0.2) is 36.0 Å². The lowest BCUT2D eigenvalue weighted by Gasteiger charge is -2.41. The standard InChI is InChI=1S/C19H20F6N2O2/c1-9(2)28-15-7-12(19(23,24)25)16-13(26-15)5-6-14-17(16)29-11(4)10(3)27(14)8-18(20,21)22/h5-7,9-11H,8H2,1-4H3/t10-,11+/m1/s1. The van der Waals surface area contributed by atoms with E-state index in [2.05, 4.69) is 4.98 Å². The normalized spacial score (nSPS) is 20.0. The van der Waals surface area contributed by atoms with Gasteiger partial charge in [-0.2, -0.15) is 26.3 Å². The molecule has 1 aliphatic heterocycles. The second-order valence-corrected chi connectivity index (χ2v) is 7.29. The summed E-state index contributed by atoms with van der Waals surface area (Å²) in [5.74, 6) is -0.475. The van der Waals surface area contributed by atoms with Crippen molar-refractivity contribution in [2.75, 3.05) is 11.4 Å². The highest BCUT2D eigenvalue weighted by Crippen LogP contribution is 2.47. The van der Waals surface area contributed by atoms with Crippen LogP contribution >= 0.6 is 0 Å². The smallest absolute Gasteiger partial charge is 0.417 e. The van der Waals surface area contributed by atoms with Crippen LogP contribution < -0.4 is 14.4 Å². The maximum absolute atomic E-state index is 13.8. The Kier molecular flexibility index (Phi) is 5.25. The van der Waals surface area contributed by atoms with E-state index in [9.17, 15) is 26.3 Å². The fraction of sp³-hybridized carbons (Fsp3) is 0.526. The summed E-state index contributed by atoms with van der Waals surface area (Å²) in [5, 5.41) is -0.378. The van der Waals surface area contributed by atoms with Crippen LogP contribution in [0.25, 0.3) is 10.9 Å². The molecular weight excluding hydrogens is 402 g/mol. The van der Waals surface area contributed by atoms with E-state index in [0.717, 1.165) is 11.0 Å². The molecule has 1 aromatic carbocycles. The van der Waals surface area contributed by atoms with Crippen LogP contribution in [0.3, 0.4) is 0 Å². The van der Waals surface area contributed by atoms with Gasteiger partial charge in [-0.05, 0) is 39.8 Å². The molecule has 0 saturated carbocycles. The van der Waals surface area contributed by atoms with Crippen LogP contribution in [0.5, 0.6) is 11.6 Å². The molecule has 0 unspecified atom stereocenters. The summed E-state index contributed by atoms with van der Waals surface area (Å²) in [6.45, 7) is 5.04. The van der Waals surface area contributed by atoms with Crippen molar-refractivity contribution < 1.29 is 35.8 Å². The van der Waals surface area contributed by atoms with Crippen LogP contribution in [0.1, 0.15) is 33.3 Å². The topological polar surface area (TPSA) is 34.6 Å². The minimum absolute atomic E-state index is 0.0507. The van der Waals surface area contributed by atoms with E-state index in [4.69, 9.17) is 9.47 Å². The SMILES string of the molecule is CC(C)Oc1cc(C(F)(F)F)c2c3c(ccc2n1)N(CC(F)(F)F)[C@H](C)[C@H](C)O3. The Labute approximate surface area is 163 Å². The minimum Gasteiger partial charge on any atom is -0.486 e. The molecule has 160 valence electrons. The Hall–Kier alpha value is -2.39. The lowest BCUT2D eigenvalue weighted by molar-refractivity contribution is -0.136. The highest BCUT2D eigenvalue weighted by molar-refractivity contribution is 5.95. The van der Waals surface area contributed by atoms with Crippen LogP contribution in [0.15, 0.2) is 18.2 Å². The van der Waals surface area contributed by atoms with Crippen molar-refractivity contribution in [3.63, 3.8) is 0 Å². The first kappa shape index (κ1) is 21.3. The molecule has 0 fully saturated rings. The predicted molar refractivity (Wildman–Crippen MR) is 95.5 cm³/mol. The third-order valence-electron chi connectivity index (χ3n) is 4.68. The Morgan fingerprint density at radius 1 is 1.14 bits per heavy atom. The number of pyridine rings is 1. The molecule has 3 rings (SSSR count). The Bertz CT molecular complexity index is 910. The number of fused-ring (bicyclic) bond motifs is 3. The van der Waals surface area contributed by atoms with E-state index < -0.39 is 42.7 Å². The molecule has 0 aliphatic carbocycles. The van der Waals surface area contributed by atoms with E-state index in [0.29, 0.717) is 0 Å². The van der Waals surface area contributed by atoms with Crippen molar-refractivity contribution in [3.8, 4) is 11.6 Å². The zero-order valence-electron chi connectivity index (χ0n) is 16.1. The van der Waals surface area contributed by atoms with Gasteiger partial charge in [-0.15, -0.1) is 0 Å². The molecule has 2 heterocycles. The summed E-state index contributed by atoms with van der Waals surface area (Å²) in [6.07, 6.45) is -10.5. The summed E-state index contributed by atoms with van der Waals surface area (Å²) in [6, 6.07) is 2.62. The Balaban J connectivity index is 2.28. The summed E-state index contributed by atoms with van der Waals surface area (Å²) in [7, 11) is 0. The largest absolute Gasteiger partial charge is 0.486 e. The molecule has 1 aromatic heterocycles. The zero-order valence-corrected chi connectivity index (χ0v) is 16.1. The second-order valence-electron chi connectivity index (χ2n) is 7.29. The van der Waals surface area contributed by atoms with Gasteiger partial charge in [0.2, 0.25) is 5.88 Å². The van der Waals surface area contributed by atoms with Gasteiger partial charge >= 0.3 is 12.4 Å². The van der Waals surface area contributed by atoms with Gasteiger partial charge in [-0.3, -0.25) is 0 Å². The third-order valence-corrected chi connectivity index (χ3v) is 4.68. The molecule has 29 heavy (non-hydrogen) atoms. The van der Waals surface area contributed by atoms with Gasteiger partial charge < -0.3 is 14.4 Å². The molecule has 4 nitrogen and oxygen atoms in total. The highest BCUT2D eigenvalue weighted by Gasteiger charge is 2.41. The number of hydrogen-bond acceptors (Lipinski definition) is 4. The molecular formula is C19H20F6N2O2. The maximum Gasteiger partial charge on any atom is 0.417 e. The molecule has 0 spiro atoms.